The fourth-order valence-electron chi connectivity index (χ4n) is 5.75. The molecule has 0 saturated heterocycles. The van der Waals surface area contributed by atoms with E-state index in [9.17, 15) is 0 Å². The molecule has 0 saturated carbocycles. The summed E-state index contributed by atoms with van der Waals surface area (Å²) in [6.07, 6.45) is 0. The molecule has 0 aliphatic heterocycles. The minimum atomic E-state index is 0.301. The molecule has 2 aliphatic carbocycles. The van der Waals surface area contributed by atoms with Crippen molar-refractivity contribution in [1.29, 1.82) is 0 Å². The maximum atomic E-state index is 2.31. The van der Waals surface area contributed by atoms with E-state index in [-0.39, 0.29) is 0 Å². The van der Waals surface area contributed by atoms with Crippen LogP contribution in [0.3, 0.4) is 0 Å². The third-order valence-electron chi connectivity index (χ3n) is 7.51. The average molecular weight is 437 g/mol. The maximum Gasteiger partial charge on any atom is 0.0217 e. The van der Waals surface area contributed by atoms with Gasteiger partial charge in [0.2, 0.25) is 0 Å². The molecule has 6 rings (SSSR count). The zero-order valence-corrected chi connectivity index (χ0v) is 19.7. The van der Waals surface area contributed by atoms with Gasteiger partial charge in [0.25, 0.3) is 0 Å². The van der Waals surface area contributed by atoms with Crippen LogP contribution < -0.4 is 0 Å². The molecule has 0 aromatic heterocycles. The van der Waals surface area contributed by atoms with Gasteiger partial charge in [-0.1, -0.05) is 132 Å². The van der Waals surface area contributed by atoms with Crippen molar-refractivity contribution in [2.75, 3.05) is 0 Å². The van der Waals surface area contributed by atoms with Crippen molar-refractivity contribution in [3.8, 4) is 0 Å². The molecular weight excluding hydrogens is 408 g/mol. The van der Waals surface area contributed by atoms with Gasteiger partial charge in [0.1, 0.15) is 0 Å². The Bertz CT molecular complexity index is 1310. The number of benzene rings is 4. The molecule has 2 aliphatic rings. The van der Waals surface area contributed by atoms with Crippen molar-refractivity contribution < 1.29 is 0 Å². The van der Waals surface area contributed by atoms with E-state index in [1.807, 2.05) is 0 Å². The van der Waals surface area contributed by atoms with E-state index in [0.29, 0.717) is 11.8 Å². The lowest BCUT2D eigenvalue weighted by atomic mass is 9.80. The molecule has 0 N–H and O–H groups in total. The number of rotatable bonds is 5. The normalized spacial score (nSPS) is 16.5. The largest absolute Gasteiger partial charge is 0.0656 e. The summed E-state index contributed by atoms with van der Waals surface area (Å²) in [6, 6.07) is 44.0. The molecule has 0 atom stereocenters. The van der Waals surface area contributed by atoms with Crippen LogP contribution in [0, 0.1) is 11.8 Å². The van der Waals surface area contributed by atoms with Gasteiger partial charge in [-0.3, -0.25) is 0 Å². The summed E-state index contributed by atoms with van der Waals surface area (Å²) in [5, 5.41) is 0. The van der Waals surface area contributed by atoms with Crippen molar-refractivity contribution in [3.63, 3.8) is 0 Å². The topological polar surface area (TPSA) is 0 Å². The first kappa shape index (κ1) is 20.7. The number of hydrogen-bond donors (Lipinski definition) is 0. The van der Waals surface area contributed by atoms with Crippen LogP contribution >= 0.6 is 0 Å². The third-order valence-corrected chi connectivity index (χ3v) is 7.51. The summed E-state index contributed by atoms with van der Waals surface area (Å²) < 4.78 is 0. The second-order valence-corrected chi connectivity index (χ2v) is 9.36. The Morgan fingerprint density at radius 1 is 0.353 bits per heavy atom. The van der Waals surface area contributed by atoms with Gasteiger partial charge in [0.15, 0.2) is 0 Å². The summed E-state index contributed by atoms with van der Waals surface area (Å²) in [6.45, 7) is 4.63. The van der Waals surface area contributed by atoms with Gasteiger partial charge in [0, 0.05) is 11.8 Å². The molecule has 0 heterocycles. The highest BCUT2D eigenvalue weighted by Gasteiger charge is 2.46. The van der Waals surface area contributed by atoms with Crippen molar-refractivity contribution in [2.24, 2.45) is 11.8 Å². The van der Waals surface area contributed by atoms with Crippen molar-refractivity contribution in [1.82, 2.24) is 0 Å². The second kappa shape index (κ2) is 8.47. The Balaban J connectivity index is 1.73. The maximum absolute atomic E-state index is 2.31. The molecule has 0 nitrogen and oxygen atoms in total. The lowest BCUT2D eigenvalue weighted by Gasteiger charge is -2.22. The molecule has 0 heteroatoms. The predicted molar refractivity (Wildman–Crippen MR) is 145 cm³/mol. The lowest BCUT2D eigenvalue weighted by Crippen LogP contribution is -2.09. The van der Waals surface area contributed by atoms with Gasteiger partial charge in [-0.15, -0.1) is 0 Å². The Labute approximate surface area is 202 Å². The van der Waals surface area contributed by atoms with Crippen molar-refractivity contribution in [2.45, 2.75) is 13.8 Å². The van der Waals surface area contributed by atoms with Crippen LogP contribution in [0.4, 0.5) is 0 Å². The van der Waals surface area contributed by atoms with E-state index in [1.165, 1.54) is 55.7 Å². The summed E-state index contributed by atoms with van der Waals surface area (Å²) in [4.78, 5) is 0. The highest BCUT2D eigenvalue weighted by molar-refractivity contribution is 6.28. The molecule has 0 amide bonds. The van der Waals surface area contributed by atoms with E-state index < -0.39 is 0 Å². The number of hydrogen-bond acceptors (Lipinski definition) is 0. The van der Waals surface area contributed by atoms with E-state index in [4.69, 9.17) is 0 Å². The van der Waals surface area contributed by atoms with Gasteiger partial charge < -0.3 is 0 Å². The van der Waals surface area contributed by atoms with Gasteiger partial charge in [-0.25, -0.2) is 0 Å². The van der Waals surface area contributed by atoms with Crippen LogP contribution in [-0.2, 0) is 0 Å². The molecule has 0 spiro atoms. The monoisotopic (exact) mass is 436 g/mol. The van der Waals surface area contributed by atoms with Crippen LogP contribution in [0.5, 0.6) is 0 Å². The van der Waals surface area contributed by atoms with E-state index in [1.54, 1.807) is 0 Å². The minimum absolute atomic E-state index is 0.301. The first-order valence-electron chi connectivity index (χ1n) is 12.1. The molecule has 4 aromatic rings. The molecule has 0 fully saturated rings. The summed E-state index contributed by atoms with van der Waals surface area (Å²) in [5.41, 5.74) is 13.9. The molecule has 34 heavy (non-hydrogen) atoms. The molecule has 4 aromatic carbocycles. The third kappa shape index (κ3) is 3.38. The van der Waals surface area contributed by atoms with Crippen LogP contribution in [0.2, 0.25) is 0 Å². The molecule has 0 radical (unpaired) electrons. The quantitative estimate of drug-likeness (QED) is 0.274. The van der Waals surface area contributed by atoms with Crippen LogP contribution in [0.1, 0.15) is 36.1 Å². The van der Waals surface area contributed by atoms with Crippen molar-refractivity contribution >= 4 is 22.3 Å². The Hall–Kier alpha value is -3.90. The van der Waals surface area contributed by atoms with E-state index >= 15 is 0 Å². The predicted octanol–water partition coefficient (Wildman–Crippen LogP) is 8.80. The van der Waals surface area contributed by atoms with Crippen LogP contribution in [0.15, 0.2) is 132 Å². The Morgan fingerprint density at radius 3 is 0.941 bits per heavy atom. The zero-order valence-electron chi connectivity index (χ0n) is 19.7. The molecular formula is C34H28. The first-order chi connectivity index (χ1) is 16.8. The van der Waals surface area contributed by atoms with Gasteiger partial charge in [-0.2, -0.15) is 0 Å². The highest BCUT2D eigenvalue weighted by Crippen LogP contribution is 2.62. The summed E-state index contributed by atoms with van der Waals surface area (Å²) in [5.74, 6) is 0.778. The van der Waals surface area contributed by atoms with Crippen LogP contribution in [-0.4, -0.2) is 0 Å². The summed E-state index contributed by atoms with van der Waals surface area (Å²) in [7, 11) is 0. The lowest BCUT2D eigenvalue weighted by molar-refractivity contribution is 0.752. The minimum Gasteiger partial charge on any atom is -0.0656 e. The second-order valence-electron chi connectivity index (χ2n) is 9.36. The smallest absolute Gasteiger partial charge is 0.0217 e. The molecule has 164 valence electrons. The Kier molecular flexibility index (Phi) is 5.15. The van der Waals surface area contributed by atoms with Crippen LogP contribution in [0.25, 0.3) is 22.3 Å². The fourth-order valence-corrected chi connectivity index (χ4v) is 5.75. The zero-order chi connectivity index (χ0) is 23.1. The van der Waals surface area contributed by atoms with E-state index in [0.717, 1.165) is 0 Å². The summed E-state index contributed by atoms with van der Waals surface area (Å²) >= 11 is 0. The fraction of sp³-hybridized carbons (Fsp3) is 0.118. The average Bonchev–Trinajstić information content (AvgIpc) is 3.34. The van der Waals surface area contributed by atoms with Gasteiger partial charge in [0.05, 0.1) is 0 Å². The van der Waals surface area contributed by atoms with Crippen molar-refractivity contribution in [3.05, 3.63) is 155 Å². The molecule has 0 unspecified atom stereocenters. The Morgan fingerprint density at radius 2 is 0.647 bits per heavy atom. The first-order valence-corrected chi connectivity index (χ1v) is 12.1. The van der Waals surface area contributed by atoms with E-state index in [2.05, 4.69) is 135 Å². The molecule has 0 bridgehead atoms. The number of allylic oxidation sites excluding steroid dienone is 6. The highest BCUT2D eigenvalue weighted by atomic mass is 14.5. The van der Waals surface area contributed by atoms with Gasteiger partial charge >= 0.3 is 0 Å². The standard InChI is InChI=1S/C34H28/c1-23-24(2)29(23)34-32(27-19-11-5-12-20-27)30(25-15-7-3-8-16-25)31(26-17-9-4-10-18-26)33(34)28-21-13-6-14-22-28/h3-22,29,34H,1-2H3. The van der Waals surface area contributed by atoms with Gasteiger partial charge in [-0.05, 0) is 58.4 Å². The SMILES string of the molecule is CC1=C(C)C1C1C(c2ccccc2)=C(c2ccccc2)C(c2ccccc2)=C1c1ccccc1.